The Morgan fingerprint density at radius 3 is 2.81 bits per heavy atom. The second kappa shape index (κ2) is 8.76. The number of nitrogens with one attached hydrogen (secondary N) is 1. The summed E-state index contributed by atoms with van der Waals surface area (Å²) in [5, 5.41) is 9.22. The molecule has 0 radical (unpaired) electrons. The van der Waals surface area contributed by atoms with E-state index in [1.54, 1.807) is 16.8 Å². The number of nitrogens with zero attached hydrogens (tertiary/aromatic N) is 2. The van der Waals surface area contributed by atoms with Gasteiger partial charge in [0.15, 0.2) is 17.3 Å². The molecule has 0 aliphatic carbocycles. The van der Waals surface area contributed by atoms with Crippen LogP contribution in [0.25, 0.3) is 0 Å². The summed E-state index contributed by atoms with van der Waals surface area (Å²) in [4.78, 5) is 13.2. The van der Waals surface area contributed by atoms with Crippen molar-refractivity contribution in [3.05, 3.63) is 87.7 Å². The first-order valence-corrected chi connectivity index (χ1v) is 11.0. The molecule has 2 aromatic carbocycles. The van der Waals surface area contributed by atoms with Crippen LogP contribution in [0.15, 0.2) is 66.2 Å². The Bertz CT molecular complexity index is 1250. The predicted octanol–water partition coefficient (Wildman–Crippen LogP) is 4.86. The van der Waals surface area contributed by atoms with Crippen LogP contribution >= 0.6 is 11.3 Å². The molecule has 8 heteroatoms. The van der Waals surface area contributed by atoms with E-state index in [1.165, 1.54) is 16.9 Å². The Morgan fingerprint density at radius 2 is 1.94 bits per heavy atom. The molecule has 2 aromatic heterocycles. The number of benzene rings is 2. The van der Waals surface area contributed by atoms with Gasteiger partial charge in [0.05, 0.1) is 11.4 Å². The summed E-state index contributed by atoms with van der Waals surface area (Å²) in [5.74, 6) is 2.41. The van der Waals surface area contributed by atoms with Crippen LogP contribution in [0.3, 0.4) is 0 Å². The highest BCUT2D eigenvalue weighted by molar-refractivity contribution is 7.12. The fraction of sp³-hybridized carbons (Fsp3) is 0.167. The van der Waals surface area contributed by atoms with Crippen molar-refractivity contribution in [2.24, 2.45) is 0 Å². The van der Waals surface area contributed by atoms with Crippen molar-refractivity contribution in [3.63, 3.8) is 0 Å². The normalized spacial score (nSPS) is 12.0. The van der Waals surface area contributed by atoms with Crippen molar-refractivity contribution in [2.45, 2.75) is 20.1 Å². The number of thiophene rings is 1. The smallest absolute Gasteiger partial charge is 0.266 e. The van der Waals surface area contributed by atoms with Gasteiger partial charge in [-0.3, -0.25) is 9.48 Å². The van der Waals surface area contributed by atoms with Gasteiger partial charge in [-0.1, -0.05) is 29.8 Å². The minimum absolute atomic E-state index is 0.190. The number of amides is 1. The van der Waals surface area contributed by atoms with Crippen molar-refractivity contribution >= 4 is 23.1 Å². The molecule has 1 N–H and O–H groups in total. The van der Waals surface area contributed by atoms with E-state index < -0.39 is 0 Å². The summed E-state index contributed by atoms with van der Waals surface area (Å²) in [6, 6.07) is 17.4. The maximum atomic E-state index is 12.6. The molecule has 0 spiro atoms. The van der Waals surface area contributed by atoms with Crippen LogP contribution in [0.5, 0.6) is 17.2 Å². The SMILES string of the molecule is Cc1ccc(Cn2ccc(NC(=O)c3cc(COc4ccc5c(c4)OCO5)cs3)n2)cc1. The van der Waals surface area contributed by atoms with Gasteiger partial charge in [-0.15, -0.1) is 11.3 Å². The second-order valence-electron chi connectivity index (χ2n) is 7.46. The van der Waals surface area contributed by atoms with Gasteiger partial charge in [-0.25, -0.2) is 0 Å². The fourth-order valence-electron chi connectivity index (χ4n) is 3.28. The Labute approximate surface area is 189 Å². The molecular weight excluding hydrogens is 426 g/mol. The number of hydrogen-bond donors (Lipinski definition) is 1. The fourth-order valence-corrected chi connectivity index (χ4v) is 4.07. The lowest BCUT2D eigenvalue weighted by Gasteiger charge is -2.05. The van der Waals surface area contributed by atoms with E-state index >= 15 is 0 Å². The number of hydrogen-bond acceptors (Lipinski definition) is 6. The third-order valence-electron chi connectivity index (χ3n) is 4.97. The first-order chi connectivity index (χ1) is 15.6. The number of carbonyl (C=O) groups is 1. The molecule has 1 aliphatic rings. The van der Waals surface area contributed by atoms with Gasteiger partial charge in [0.1, 0.15) is 12.4 Å². The molecule has 4 aromatic rings. The number of aryl methyl sites for hydroxylation is 1. The average Bonchev–Trinajstić information content (AvgIpc) is 3.54. The van der Waals surface area contributed by atoms with E-state index in [9.17, 15) is 4.79 Å². The van der Waals surface area contributed by atoms with Crippen LogP contribution in [-0.4, -0.2) is 22.5 Å². The lowest BCUT2D eigenvalue weighted by atomic mass is 10.1. The summed E-state index contributed by atoms with van der Waals surface area (Å²) in [7, 11) is 0. The summed E-state index contributed by atoms with van der Waals surface area (Å²) < 4.78 is 18.3. The van der Waals surface area contributed by atoms with Gasteiger partial charge in [-0.05, 0) is 36.1 Å². The zero-order valence-electron chi connectivity index (χ0n) is 17.4. The third-order valence-corrected chi connectivity index (χ3v) is 5.95. The first kappa shape index (κ1) is 20.1. The standard InChI is InChI=1S/C24H21N3O4S/c1-16-2-4-17(5-3-16)12-27-9-8-23(26-27)25-24(28)22-10-18(14-32-22)13-29-19-6-7-20-21(11-19)31-15-30-20/h2-11,14H,12-13,15H2,1H3,(H,25,26,28). The van der Waals surface area contributed by atoms with Crippen LogP contribution in [0.4, 0.5) is 5.82 Å². The number of ether oxygens (including phenoxy) is 3. The number of anilines is 1. The van der Waals surface area contributed by atoms with Gasteiger partial charge in [-0.2, -0.15) is 5.10 Å². The van der Waals surface area contributed by atoms with Crippen LogP contribution < -0.4 is 19.5 Å². The maximum absolute atomic E-state index is 12.6. The predicted molar refractivity (Wildman–Crippen MR) is 122 cm³/mol. The molecule has 1 aliphatic heterocycles. The van der Waals surface area contributed by atoms with Crippen LogP contribution in [0.1, 0.15) is 26.4 Å². The summed E-state index contributed by atoms with van der Waals surface area (Å²) in [5.41, 5.74) is 3.29. The molecule has 0 saturated heterocycles. The van der Waals surface area contributed by atoms with Crippen molar-refractivity contribution in [1.29, 1.82) is 0 Å². The van der Waals surface area contributed by atoms with E-state index in [2.05, 4.69) is 41.6 Å². The van der Waals surface area contributed by atoms with E-state index in [0.29, 0.717) is 41.1 Å². The van der Waals surface area contributed by atoms with Crippen LogP contribution in [0, 0.1) is 6.92 Å². The van der Waals surface area contributed by atoms with Crippen molar-refractivity contribution < 1.29 is 19.0 Å². The average molecular weight is 448 g/mol. The van der Waals surface area contributed by atoms with E-state index in [0.717, 1.165) is 11.1 Å². The minimum Gasteiger partial charge on any atom is -0.489 e. The molecule has 162 valence electrons. The Balaban J connectivity index is 1.16. The lowest BCUT2D eigenvalue weighted by molar-refractivity contribution is 0.103. The number of rotatable bonds is 7. The van der Waals surface area contributed by atoms with Gasteiger partial charge in [0.25, 0.3) is 5.91 Å². The summed E-state index contributed by atoms with van der Waals surface area (Å²) in [6.07, 6.45) is 1.86. The minimum atomic E-state index is -0.190. The number of aromatic nitrogens is 2. The summed E-state index contributed by atoms with van der Waals surface area (Å²) in [6.45, 7) is 3.29. The lowest BCUT2D eigenvalue weighted by Crippen LogP contribution is -2.11. The Morgan fingerprint density at radius 1 is 1.09 bits per heavy atom. The highest BCUT2D eigenvalue weighted by Crippen LogP contribution is 2.35. The number of carbonyl (C=O) groups excluding carboxylic acids is 1. The largest absolute Gasteiger partial charge is 0.489 e. The monoisotopic (exact) mass is 447 g/mol. The van der Waals surface area contributed by atoms with E-state index in [4.69, 9.17) is 14.2 Å². The number of fused-ring (bicyclic) bond motifs is 1. The zero-order chi connectivity index (χ0) is 21.9. The van der Waals surface area contributed by atoms with Gasteiger partial charge >= 0.3 is 0 Å². The second-order valence-corrected chi connectivity index (χ2v) is 8.37. The molecule has 0 unspecified atom stereocenters. The van der Waals surface area contributed by atoms with E-state index in [-0.39, 0.29) is 12.7 Å². The van der Waals surface area contributed by atoms with Crippen molar-refractivity contribution in [1.82, 2.24) is 9.78 Å². The molecule has 1 amide bonds. The molecule has 7 nitrogen and oxygen atoms in total. The molecule has 3 heterocycles. The summed E-state index contributed by atoms with van der Waals surface area (Å²) >= 11 is 1.37. The Hall–Kier alpha value is -3.78. The molecule has 32 heavy (non-hydrogen) atoms. The molecule has 0 fully saturated rings. The topological polar surface area (TPSA) is 74.6 Å². The molecular formula is C24H21N3O4S. The van der Waals surface area contributed by atoms with Crippen molar-refractivity contribution in [2.75, 3.05) is 12.1 Å². The molecule has 0 saturated carbocycles. The molecule has 0 bridgehead atoms. The quantitative estimate of drug-likeness (QED) is 0.438. The molecule has 0 atom stereocenters. The van der Waals surface area contributed by atoms with Gasteiger partial charge in [0.2, 0.25) is 6.79 Å². The van der Waals surface area contributed by atoms with Crippen molar-refractivity contribution in [3.8, 4) is 17.2 Å². The highest BCUT2D eigenvalue weighted by Gasteiger charge is 2.15. The van der Waals surface area contributed by atoms with Crippen LogP contribution in [0.2, 0.25) is 0 Å². The van der Waals surface area contributed by atoms with E-state index in [1.807, 2.05) is 29.8 Å². The zero-order valence-corrected chi connectivity index (χ0v) is 18.2. The third kappa shape index (κ3) is 4.60. The molecule has 5 rings (SSSR count). The maximum Gasteiger partial charge on any atom is 0.266 e. The first-order valence-electron chi connectivity index (χ1n) is 10.1. The van der Waals surface area contributed by atoms with Crippen LogP contribution in [-0.2, 0) is 13.2 Å². The highest BCUT2D eigenvalue weighted by atomic mass is 32.1. The van der Waals surface area contributed by atoms with Gasteiger partial charge < -0.3 is 19.5 Å². The Kier molecular flexibility index (Phi) is 5.51. The van der Waals surface area contributed by atoms with Gasteiger partial charge in [0, 0.05) is 23.9 Å².